The van der Waals surface area contributed by atoms with Crippen LogP contribution in [0, 0.1) is 17.2 Å². The Kier molecular flexibility index (Phi) is 4.73. The number of hydrogen-bond donors (Lipinski definition) is 1. The first-order chi connectivity index (χ1) is 11.5. The number of carbonyl (C=O) groups excluding carboxylic acids is 1. The fourth-order valence-corrected chi connectivity index (χ4v) is 3.17. The highest BCUT2D eigenvalue weighted by Crippen LogP contribution is 2.39. The second kappa shape index (κ2) is 6.79. The Bertz CT molecular complexity index is 782. The highest BCUT2D eigenvalue weighted by atomic mass is 35.5. The zero-order chi connectivity index (χ0) is 17.2. The van der Waals surface area contributed by atoms with Crippen LogP contribution in [0.2, 0.25) is 5.02 Å². The summed E-state index contributed by atoms with van der Waals surface area (Å²) >= 11 is 7.09. The predicted octanol–water partition coefficient (Wildman–Crippen LogP) is 2.22. The van der Waals surface area contributed by atoms with E-state index in [1.165, 1.54) is 11.8 Å². The molecule has 1 aliphatic carbocycles. The molecule has 0 unspecified atom stereocenters. The van der Waals surface area contributed by atoms with Gasteiger partial charge >= 0.3 is 0 Å². The Morgan fingerprint density at radius 1 is 1.50 bits per heavy atom. The maximum atomic E-state index is 12.2. The van der Waals surface area contributed by atoms with E-state index in [9.17, 15) is 10.1 Å². The van der Waals surface area contributed by atoms with Gasteiger partial charge in [0.15, 0.2) is 0 Å². The lowest BCUT2D eigenvalue weighted by molar-refractivity contribution is -0.119. The zero-order valence-corrected chi connectivity index (χ0v) is 14.5. The molecule has 1 atom stereocenters. The Morgan fingerprint density at radius 3 is 2.83 bits per heavy atom. The van der Waals surface area contributed by atoms with E-state index < -0.39 is 5.54 Å². The van der Waals surface area contributed by atoms with Crippen molar-refractivity contribution >= 4 is 29.3 Å². The van der Waals surface area contributed by atoms with Crippen molar-refractivity contribution in [3.8, 4) is 11.8 Å². The largest absolute Gasteiger partial charge is 0.337 e. The van der Waals surface area contributed by atoms with Gasteiger partial charge in [0.25, 0.3) is 0 Å². The summed E-state index contributed by atoms with van der Waals surface area (Å²) in [7, 11) is 0. The minimum Gasteiger partial charge on any atom is -0.337 e. The van der Waals surface area contributed by atoms with E-state index in [4.69, 9.17) is 11.6 Å². The number of carbonyl (C=O) groups is 1. The molecule has 9 heteroatoms. The normalized spacial score (nSPS) is 16.2. The van der Waals surface area contributed by atoms with Gasteiger partial charge in [-0.05, 0) is 60.4 Å². The van der Waals surface area contributed by atoms with Crippen molar-refractivity contribution in [2.45, 2.75) is 30.5 Å². The third kappa shape index (κ3) is 3.68. The monoisotopic (exact) mass is 362 g/mol. The lowest BCUT2D eigenvalue weighted by Crippen LogP contribution is -2.47. The molecule has 0 spiro atoms. The smallest absolute Gasteiger partial charge is 0.231 e. The van der Waals surface area contributed by atoms with Gasteiger partial charge in [0.1, 0.15) is 5.54 Å². The van der Waals surface area contributed by atoms with Gasteiger partial charge in [-0.25, -0.2) is 0 Å². The van der Waals surface area contributed by atoms with Gasteiger partial charge in [0, 0.05) is 5.02 Å². The Morgan fingerprint density at radius 2 is 2.21 bits per heavy atom. The van der Waals surface area contributed by atoms with E-state index in [-0.39, 0.29) is 17.6 Å². The van der Waals surface area contributed by atoms with Crippen LogP contribution in [0.4, 0.5) is 0 Å². The van der Waals surface area contributed by atoms with Crippen molar-refractivity contribution < 1.29 is 4.79 Å². The second-order valence-electron chi connectivity index (χ2n) is 5.77. The first kappa shape index (κ1) is 16.7. The maximum Gasteiger partial charge on any atom is 0.231 e. The van der Waals surface area contributed by atoms with Crippen LogP contribution < -0.4 is 5.32 Å². The average Bonchev–Trinajstić information content (AvgIpc) is 3.33. The first-order valence-corrected chi connectivity index (χ1v) is 8.77. The van der Waals surface area contributed by atoms with Crippen LogP contribution in [-0.4, -0.2) is 37.4 Å². The molecule has 0 aliphatic heterocycles. The maximum absolute atomic E-state index is 12.2. The number of rotatable bonds is 6. The van der Waals surface area contributed by atoms with Gasteiger partial charge in [-0.2, -0.15) is 9.94 Å². The SMILES string of the molecule is C[C@@](C#N)(NC(=O)CSc1nnnn1-c1ccc(Cl)cc1)C1CC1. The lowest BCUT2D eigenvalue weighted by atomic mass is 9.98. The standard InChI is InChI=1S/C15H15ClN6OS/c1-15(9-17,10-2-3-10)18-13(23)8-24-14-19-20-21-22(14)12-6-4-11(16)5-7-12/h4-7,10H,2-3,8H2,1H3,(H,18,23)/t15-/m0/s1. The number of amides is 1. The number of benzene rings is 1. The third-order valence-corrected chi connectivity index (χ3v) is 5.04. The zero-order valence-electron chi connectivity index (χ0n) is 12.9. The lowest BCUT2D eigenvalue weighted by Gasteiger charge is -2.22. The van der Waals surface area contributed by atoms with Gasteiger partial charge < -0.3 is 5.32 Å². The summed E-state index contributed by atoms with van der Waals surface area (Å²) in [6, 6.07) is 9.28. The molecular formula is C15H15ClN6OS. The van der Waals surface area contributed by atoms with E-state index in [2.05, 4.69) is 26.9 Å². The number of tetrazole rings is 1. The summed E-state index contributed by atoms with van der Waals surface area (Å²) in [5.41, 5.74) is -0.0353. The molecule has 1 fully saturated rings. The van der Waals surface area contributed by atoms with E-state index >= 15 is 0 Å². The molecule has 1 amide bonds. The van der Waals surface area contributed by atoms with Gasteiger partial charge in [-0.1, -0.05) is 23.4 Å². The van der Waals surface area contributed by atoms with Crippen molar-refractivity contribution in [3.63, 3.8) is 0 Å². The summed E-state index contributed by atoms with van der Waals surface area (Å²) < 4.78 is 1.54. The molecule has 124 valence electrons. The van der Waals surface area contributed by atoms with Crippen LogP contribution in [0.5, 0.6) is 0 Å². The van der Waals surface area contributed by atoms with Gasteiger partial charge in [-0.15, -0.1) is 5.10 Å². The number of halogens is 1. The van der Waals surface area contributed by atoms with Gasteiger partial charge in [-0.3, -0.25) is 4.79 Å². The summed E-state index contributed by atoms with van der Waals surface area (Å²) in [6.07, 6.45) is 1.96. The number of hydrogen-bond acceptors (Lipinski definition) is 6. The fourth-order valence-electron chi connectivity index (χ4n) is 2.35. The van der Waals surface area contributed by atoms with E-state index in [0.717, 1.165) is 18.5 Å². The number of aromatic nitrogens is 4. The van der Waals surface area contributed by atoms with Crippen LogP contribution in [-0.2, 0) is 4.79 Å². The number of thioether (sulfide) groups is 1. The number of nitrogens with one attached hydrogen (secondary N) is 1. The van der Waals surface area contributed by atoms with Gasteiger partial charge in [0.05, 0.1) is 17.5 Å². The molecule has 3 rings (SSSR count). The summed E-state index contributed by atoms with van der Waals surface area (Å²) in [4.78, 5) is 12.2. The highest BCUT2D eigenvalue weighted by Gasteiger charge is 2.42. The molecule has 1 saturated carbocycles. The summed E-state index contributed by atoms with van der Waals surface area (Å²) in [5.74, 6) is 0.176. The minimum absolute atomic E-state index is 0.137. The van der Waals surface area contributed by atoms with Crippen molar-refractivity contribution in [3.05, 3.63) is 29.3 Å². The van der Waals surface area contributed by atoms with Crippen molar-refractivity contribution in [1.29, 1.82) is 5.26 Å². The number of nitrogens with zero attached hydrogens (tertiary/aromatic N) is 5. The summed E-state index contributed by atoms with van der Waals surface area (Å²) in [5, 5.41) is 24.8. The minimum atomic E-state index is -0.792. The second-order valence-corrected chi connectivity index (χ2v) is 7.15. The number of nitriles is 1. The Labute approximate surface area is 148 Å². The van der Waals surface area contributed by atoms with Crippen LogP contribution in [0.15, 0.2) is 29.4 Å². The molecule has 1 aliphatic rings. The first-order valence-electron chi connectivity index (χ1n) is 7.41. The molecule has 0 radical (unpaired) electrons. The van der Waals surface area contributed by atoms with Crippen molar-refractivity contribution in [1.82, 2.24) is 25.5 Å². The van der Waals surface area contributed by atoms with Crippen LogP contribution in [0.25, 0.3) is 5.69 Å². The van der Waals surface area contributed by atoms with E-state index in [1.807, 2.05) is 0 Å². The summed E-state index contributed by atoms with van der Waals surface area (Å²) in [6.45, 7) is 1.77. The van der Waals surface area contributed by atoms with E-state index in [0.29, 0.717) is 10.2 Å². The topological polar surface area (TPSA) is 96.5 Å². The predicted molar refractivity (Wildman–Crippen MR) is 89.8 cm³/mol. The molecule has 0 saturated heterocycles. The third-order valence-electron chi connectivity index (χ3n) is 3.87. The van der Waals surface area contributed by atoms with Crippen molar-refractivity contribution in [2.24, 2.45) is 5.92 Å². The van der Waals surface area contributed by atoms with Crippen LogP contribution in [0.3, 0.4) is 0 Å². The molecule has 0 bridgehead atoms. The molecular weight excluding hydrogens is 348 g/mol. The van der Waals surface area contributed by atoms with Crippen LogP contribution >= 0.6 is 23.4 Å². The van der Waals surface area contributed by atoms with Gasteiger partial charge in [0.2, 0.25) is 11.1 Å². The van der Waals surface area contributed by atoms with E-state index in [1.54, 1.807) is 35.9 Å². The van der Waals surface area contributed by atoms with Crippen LogP contribution in [0.1, 0.15) is 19.8 Å². The molecule has 7 nitrogen and oxygen atoms in total. The quantitative estimate of drug-likeness (QED) is 0.791. The molecule has 2 aromatic rings. The Hall–Kier alpha value is -2.11. The molecule has 1 aromatic heterocycles. The molecule has 1 N–H and O–H groups in total. The highest BCUT2D eigenvalue weighted by molar-refractivity contribution is 7.99. The fraction of sp³-hybridized carbons (Fsp3) is 0.400. The molecule has 24 heavy (non-hydrogen) atoms. The Balaban J connectivity index is 1.63. The molecule has 1 aromatic carbocycles. The van der Waals surface area contributed by atoms with Crippen molar-refractivity contribution in [2.75, 3.05) is 5.75 Å². The molecule has 1 heterocycles. The average molecular weight is 363 g/mol.